The summed E-state index contributed by atoms with van der Waals surface area (Å²) in [6.45, 7) is 1.89. The summed E-state index contributed by atoms with van der Waals surface area (Å²) in [5, 5.41) is 2.82. The Morgan fingerprint density at radius 3 is 2.28 bits per heavy atom. The second-order valence-corrected chi connectivity index (χ2v) is 3.96. The van der Waals surface area contributed by atoms with Crippen LogP contribution >= 0.6 is 0 Å². The molecule has 1 unspecified atom stereocenters. The maximum Gasteiger partial charge on any atom is 0.416 e. The van der Waals surface area contributed by atoms with Crippen LogP contribution in [0.1, 0.15) is 25.3 Å². The standard InChI is InChI=1S/C12H15F3N2O/c1-2-3-10(11(16)18)17-9-6-4-8(5-7-9)12(13,14)15/h4-7,10,17H,2-3H2,1H3,(H2,16,18). The Hall–Kier alpha value is -1.72. The third kappa shape index (κ3) is 3.94. The fourth-order valence-electron chi connectivity index (χ4n) is 1.53. The van der Waals surface area contributed by atoms with Gasteiger partial charge in [-0.3, -0.25) is 4.79 Å². The quantitative estimate of drug-likeness (QED) is 0.855. The smallest absolute Gasteiger partial charge is 0.374 e. The number of alkyl halides is 3. The van der Waals surface area contributed by atoms with Crippen LogP contribution in [0.3, 0.4) is 0 Å². The summed E-state index contributed by atoms with van der Waals surface area (Å²) in [5.74, 6) is -0.517. The molecule has 18 heavy (non-hydrogen) atoms. The molecule has 3 nitrogen and oxygen atoms in total. The molecule has 0 aliphatic rings. The van der Waals surface area contributed by atoms with Crippen molar-refractivity contribution in [3.63, 3.8) is 0 Å². The summed E-state index contributed by atoms with van der Waals surface area (Å²) in [7, 11) is 0. The van der Waals surface area contributed by atoms with E-state index in [1.54, 1.807) is 0 Å². The molecular formula is C12H15F3N2O. The van der Waals surface area contributed by atoms with Gasteiger partial charge in [-0.05, 0) is 30.7 Å². The van der Waals surface area contributed by atoms with Gasteiger partial charge in [0.15, 0.2) is 0 Å². The first kappa shape index (κ1) is 14.3. The highest BCUT2D eigenvalue weighted by atomic mass is 19.4. The van der Waals surface area contributed by atoms with E-state index in [4.69, 9.17) is 5.73 Å². The van der Waals surface area contributed by atoms with E-state index in [0.717, 1.165) is 18.6 Å². The van der Waals surface area contributed by atoms with E-state index < -0.39 is 23.7 Å². The van der Waals surface area contributed by atoms with Crippen LogP contribution in [0.4, 0.5) is 18.9 Å². The first-order chi connectivity index (χ1) is 8.34. The normalized spacial score (nSPS) is 13.1. The summed E-state index contributed by atoms with van der Waals surface area (Å²) >= 11 is 0. The maximum atomic E-state index is 12.3. The van der Waals surface area contributed by atoms with Gasteiger partial charge in [0.05, 0.1) is 5.56 Å². The second-order valence-electron chi connectivity index (χ2n) is 3.96. The van der Waals surface area contributed by atoms with Crippen molar-refractivity contribution in [3.8, 4) is 0 Å². The van der Waals surface area contributed by atoms with E-state index in [9.17, 15) is 18.0 Å². The first-order valence-corrected chi connectivity index (χ1v) is 5.57. The minimum atomic E-state index is -4.36. The number of anilines is 1. The fourth-order valence-corrected chi connectivity index (χ4v) is 1.53. The number of benzene rings is 1. The first-order valence-electron chi connectivity index (χ1n) is 5.57. The average molecular weight is 260 g/mol. The molecule has 0 radical (unpaired) electrons. The summed E-state index contributed by atoms with van der Waals surface area (Å²) < 4.78 is 37.0. The Bertz CT molecular complexity index is 401. The monoisotopic (exact) mass is 260 g/mol. The summed E-state index contributed by atoms with van der Waals surface area (Å²) in [6, 6.07) is 3.94. The molecule has 0 saturated carbocycles. The van der Waals surface area contributed by atoms with Gasteiger partial charge >= 0.3 is 6.18 Å². The molecule has 0 bridgehead atoms. The number of carbonyl (C=O) groups is 1. The molecule has 1 aromatic carbocycles. The van der Waals surface area contributed by atoms with Crippen LogP contribution in [-0.4, -0.2) is 11.9 Å². The van der Waals surface area contributed by atoms with Crippen LogP contribution in [0.5, 0.6) is 0 Å². The molecule has 0 aliphatic heterocycles. The van der Waals surface area contributed by atoms with Gasteiger partial charge in [0, 0.05) is 5.69 Å². The Kier molecular flexibility index (Phi) is 4.58. The molecule has 0 fully saturated rings. The van der Waals surface area contributed by atoms with E-state index >= 15 is 0 Å². The van der Waals surface area contributed by atoms with Gasteiger partial charge in [-0.1, -0.05) is 13.3 Å². The zero-order valence-electron chi connectivity index (χ0n) is 9.92. The van der Waals surface area contributed by atoms with Crippen molar-refractivity contribution in [2.24, 2.45) is 5.73 Å². The number of halogens is 3. The zero-order valence-corrected chi connectivity index (χ0v) is 9.92. The third-order valence-electron chi connectivity index (χ3n) is 2.47. The lowest BCUT2D eigenvalue weighted by Crippen LogP contribution is -2.35. The van der Waals surface area contributed by atoms with E-state index in [1.807, 2.05) is 6.92 Å². The van der Waals surface area contributed by atoms with E-state index in [-0.39, 0.29) is 0 Å². The summed E-state index contributed by atoms with van der Waals surface area (Å²) in [5.41, 5.74) is 4.91. The fraction of sp³-hybridized carbons (Fsp3) is 0.417. The number of carbonyl (C=O) groups excluding carboxylic acids is 1. The van der Waals surface area contributed by atoms with Crippen LogP contribution < -0.4 is 11.1 Å². The summed E-state index contributed by atoms with van der Waals surface area (Å²) in [4.78, 5) is 11.1. The highest BCUT2D eigenvalue weighted by Crippen LogP contribution is 2.29. The molecule has 1 amide bonds. The molecular weight excluding hydrogens is 245 g/mol. The van der Waals surface area contributed by atoms with Gasteiger partial charge in [0.1, 0.15) is 6.04 Å². The van der Waals surface area contributed by atoms with Crippen molar-refractivity contribution in [2.75, 3.05) is 5.32 Å². The molecule has 1 aromatic rings. The third-order valence-corrected chi connectivity index (χ3v) is 2.47. The summed E-state index contributed by atoms with van der Waals surface area (Å²) in [6.07, 6.45) is -3.07. The highest BCUT2D eigenvalue weighted by Gasteiger charge is 2.30. The predicted octanol–water partition coefficient (Wildman–Crippen LogP) is 2.77. The molecule has 1 atom stereocenters. The number of hydrogen-bond donors (Lipinski definition) is 2. The lowest BCUT2D eigenvalue weighted by atomic mass is 10.1. The van der Waals surface area contributed by atoms with Gasteiger partial charge in [-0.2, -0.15) is 13.2 Å². The maximum absolute atomic E-state index is 12.3. The largest absolute Gasteiger partial charge is 0.416 e. The zero-order chi connectivity index (χ0) is 13.8. The Labute approximate surface area is 103 Å². The lowest BCUT2D eigenvalue weighted by molar-refractivity contribution is -0.137. The topological polar surface area (TPSA) is 55.1 Å². The predicted molar refractivity (Wildman–Crippen MR) is 63.0 cm³/mol. The van der Waals surface area contributed by atoms with Gasteiger partial charge < -0.3 is 11.1 Å². The van der Waals surface area contributed by atoms with Gasteiger partial charge in [0.2, 0.25) is 5.91 Å². The Morgan fingerprint density at radius 2 is 1.89 bits per heavy atom. The molecule has 1 rings (SSSR count). The van der Waals surface area contributed by atoms with Crippen molar-refractivity contribution in [1.29, 1.82) is 0 Å². The molecule has 0 spiro atoms. The lowest BCUT2D eigenvalue weighted by Gasteiger charge is -2.16. The molecule has 0 aliphatic carbocycles. The number of rotatable bonds is 5. The molecule has 0 heterocycles. The number of nitrogens with two attached hydrogens (primary N) is 1. The molecule has 100 valence electrons. The highest BCUT2D eigenvalue weighted by molar-refractivity contribution is 5.82. The van der Waals surface area contributed by atoms with Crippen LogP contribution in [0.15, 0.2) is 24.3 Å². The minimum absolute atomic E-state index is 0.445. The van der Waals surface area contributed by atoms with Crippen molar-refractivity contribution < 1.29 is 18.0 Å². The minimum Gasteiger partial charge on any atom is -0.374 e. The number of amides is 1. The van der Waals surface area contributed by atoms with Gasteiger partial charge in [-0.25, -0.2) is 0 Å². The van der Waals surface area contributed by atoms with E-state index in [2.05, 4.69) is 5.32 Å². The van der Waals surface area contributed by atoms with Crippen molar-refractivity contribution >= 4 is 11.6 Å². The Morgan fingerprint density at radius 1 is 1.33 bits per heavy atom. The van der Waals surface area contributed by atoms with Gasteiger partial charge in [-0.15, -0.1) is 0 Å². The molecule has 6 heteroatoms. The Balaban J connectivity index is 2.76. The van der Waals surface area contributed by atoms with Crippen molar-refractivity contribution in [3.05, 3.63) is 29.8 Å². The number of nitrogens with one attached hydrogen (secondary N) is 1. The van der Waals surface area contributed by atoms with Crippen LogP contribution in [-0.2, 0) is 11.0 Å². The van der Waals surface area contributed by atoms with E-state index in [1.165, 1.54) is 12.1 Å². The SMILES string of the molecule is CCCC(Nc1ccc(C(F)(F)F)cc1)C(N)=O. The molecule has 0 saturated heterocycles. The second kappa shape index (κ2) is 5.75. The van der Waals surface area contributed by atoms with E-state index in [0.29, 0.717) is 12.1 Å². The van der Waals surface area contributed by atoms with Crippen LogP contribution in [0.25, 0.3) is 0 Å². The van der Waals surface area contributed by atoms with Gasteiger partial charge in [0.25, 0.3) is 0 Å². The number of hydrogen-bond acceptors (Lipinski definition) is 2. The molecule has 3 N–H and O–H groups in total. The van der Waals surface area contributed by atoms with Crippen LogP contribution in [0, 0.1) is 0 Å². The molecule has 0 aromatic heterocycles. The van der Waals surface area contributed by atoms with Crippen LogP contribution in [0.2, 0.25) is 0 Å². The van der Waals surface area contributed by atoms with Crippen molar-refractivity contribution in [2.45, 2.75) is 32.0 Å². The van der Waals surface area contributed by atoms with Crippen molar-refractivity contribution in [1.82, 2.24) is 0 Å². The number of primary amides is 1. The average Bonchev–Trinajstić information content (AvgIpc) is 2.28.